The largest absolute Gasteiger partial charge is 0.316 e. The van der Waals surface area contributed by atoms with Gasteiger partial charge in [-0.15, -0.1) is 11.6 Å². The standard InChI is InChI=1S/C7H14ClNO/c8-6-4-2-1-3-5-7(6)9-10/h6-7,9-10H,1-5H2. The second-order valence-electron chi connectivity index (χ2n) is 2.89. The van der Waals surface area contributed by atoms with Gasteiger partial charge in [-0.05, 0) is 12.8 Å². The molecule has 10 heavy (non-hydrogen) atoms. The zero-order valence-corrected chi connectivity index (χ0v) is 6.77. The Morgan fingerprint density at radius 3 is 2.60 bits per heavy atom. The van der Waals surface area contributed by atoms with Crippen molar-refractivity contribution in [1.82, 2.24) is 5.48 Å². The molecule has 2 nitrogen and oxygen atoms in total. The quantitative estimate of drug-likeness (QED) is 0.352. The monoisotopic (exact) mass is 163 g/mol. The molecule has 0 heterocycles. The highest BCUT2D eigenvalue weighted by atomic mass is 35.5. The van der Waals surface area contributed by atoms with E-state index >= 15 is 0 Å². The van der Waals surface area contributed by atoms with Crippen LogP contribution in [0.1, 0.15) is 32.1 Å². The topological polar surface area (TPSA) is 32.3 Å². The van der Waals surface area contributed by atoms with Crippen LogP contribution in [0.25, 0.3) is 0 Å². The second-order valence-corrected chi connectivity index (χ2v) is 3.45. The van der Waals surface area contributed by atoms with E-state index < -0.39 is 0 Å². The van der Waals surface area contributed by atoms with Gasteiger partial charge in [0.25, 0.3) is 0 Å². The van der Waals surface area contributed by atoms with E-state index in [1.165, 1.54) is 19.3 Å². The molecule has 2 unspecified atom stereocenters. The van der Waals surface area contributed by atoms with Crippen molar-refractivity contribution in [1.29, 1.82) is 0 Å². The van der Waals surface area contributed by atoms with Gasteiger partial charge in [0.2, 0.25) is 0 Å². The van der Waals surface area contributed by atoms with Crippen LogP contribution < -0.4 is 5.48 Å². The molecule has 0 spiro atoms. The molecule has 0 radical (unpaired) electrons. The summed E-state index contributed by atoms with van der Waals surface area (Å²) in [5.41, 5.74) is 2.26. The van der Waals surface area contributed by atoms with Crippen LogP contribution in [0.2, 0.25) is 0 Å². The molecular formula is C7H14ClNO. The lowest BCUT2D eigenvalue weighted by atomic mass is 10.1. The van der Waals surface area contributed by atoms with Crippen molar-refractivity contribution in [2.45, 2.75) is 43.5 Å². The first-order chi connectivity index (χ1) is 4.84. The summed E-state index contributed by atoms with van der Waals surface area (Å²) in [6.45, 7) is 0. The predicted molar refractivity (Wildman–Crippen MR) is 41.4 cm³/mol. The number of hydrogen-bond acceptors (Lipinski definition) is 2. The Morgan fingerprint density at radius 1 is 1.20 bits per heavy atom. The highest BCUT2D eigenvalue weighted by molar-refractivity contribution is 6.21. The third kappa shape index (κ3) is 2.11. The molecule has 3 heteroatoms. The van der Waals surface area contributed by atoms with Gasteiger partial charge in [0.05, 0.1) is 5.38 Å². The fraction of sp³-hybridized carbons (Fsp3) is 1.00. The summed E-state index contributed by atoms with van der Waals surface area (Å²) in [6.07, 6.45) is 5.67. The second kappa shape index (κ2) is 4.16. The predicted octanol–water partition coefficient (Wildman–Crippen LogP) is 1.91. The van der Waals surface area contributed by atoms with Crippen molar-refractivity contribution in [3.05, 3.63) is 0 Å². The lowest BCUT2D eigenvalue weighted by Crippen LogP contribution is -2.33. The smallest absolute Gasteiger partial charge is 0.0512 e. The molecule has 0 saturated heterocycles. The van der Waals surface area contributed by atoms with Crippen molar-refractivity contribution in [3.8, 4) is 0 Å². The third-order valence-corrected chi connectivity index (χ3v) is 2.62. The van der Waals surface area contributed by atoms with E-state index in [-0.39, 0.29) is 11.4 Å². The normalized spacial score (nSPS) is 35.4. The summed E-state index contributed by atoms with van der Waals surface area (Å²) in [4.78, 5) is 0. The summed E-state index contributed by atoms with van der Waals surface area (Å²) in [5.74, 6) is 0. The van der Waals surface area contributed by atoms with Gasteiger partial charge in [0.15, 0.2) is 0 Å². The number of alkyl halides is 1. The molecule has 0 aromatic heterocycles. The third-order valence-electron chi connectivity index (χ3n) is 2.10. The molecular weight excluding hydrogens is 150 g/mol. The van der Waals surface area contributed by atoms with Gasteiger partial charge >= 0.3 is 0 Å². The Morgan fingerprint density at radius 2 is 1.90 bits per heavy atom. The van der Waals surface area contributed by atoms with Crippen LogP contribution in [0.5, 0.6) is 0 Å². The first-order valence-electron chi connectivity index (χ1n) is 3.88. The van der Waals surface area contributed by atoms with Crippen molar-refractivity contribution >= 4 is 11.6 Å². The molecule has 1 aliphatic carbocycles. The molecule has 0 bridgehead atoms. The maximum atomic E-state index is 8.65. The zero-order chi connectivity index (χ0) is 7.40. The van der Waals surface area contributed by atoms with Gasteiger partial charge in [-0.25, -0.2) is 5.48 Å². The fourth-order valence-electron chi connectivity index (χ4n) is 1.41. The first-order valence-corrected chi connectivity index (χ1v) is 4.32. The highest BCUT2D eigenvalue weighted by Gasteiger charge is 2.20. The van der Waals surface area contributed by atoms with Crippen LogP contribution in [-0.2, 0) is 0 Å². The van der Waals surface area contributed by atoms with Crippen molar-refractivity contribution in [2.24, 2.45) is 0 Å². The Bertz CT molecular complexity index is 99.6. The average Bonchev–Trinajstić information content (AvgIpc) is 2.13. The van der Waals surface area contributed by atoms with E-state index in [0.717, 1.165) is 12.8 Å². The Hall–Kier alpha value is 0.210. The average molecular weight is 164 g/mol. The minimum atomic E-state index is 0.115. The Balaban J connectivity index is 2.35. The van der Waals surface area contributed by atoms with Crippen molar-refractivity contribution in [3.63, 3.8) is 0 Å². The summed E-state index contributed by atoms with van der Waals surface area (Å²) in [7, 11) is 0. The number of nitrogens with one attached hydrogen (secondary N) is 1. The number of hydroxylamine groups is 1. The summed E-state index contributed by atoms with van der Waals surface area (Å²) < 4.78 is 0. The van der Waals surface area contributed by atoms with Crippen molar-refractivity contribution in [2.75, 3.05) is 0 Å². The van der Waals surface area contributed by atoms with E-state index in [1.807, 2.05) is 0 Å². The Labute approximate surface area is 66.5 Å². The molecule has 60 valence electrons. The molecule has 0 aromatic carbocycles. The molecule has 1 fully saturated rings. The number of rotatable bonds is 1. The number of hydrogen-bond donors (Lipinski definition) is 2. The molecule has 0 aliphatic heterocycles. The van der Waals surface area contributed by atoms with Crippen LogP contribution in [0.3, 0.4) is 0 Å². The van der Waals surface area contributed by atoms with Gasteiger partial charge in [0.1, 0.15) is 0 Å². The van der Waals surface area contributed by atoms with Gasteiger partial charge in [-0.3, -0.25) is 0 Å². The summed E-state index contributed by atoms with van der Waals surface area (Å²) in [5, 5.41) is 8.77. The van der Waals surface area contributed by atoms with Crippen LogP contribution in [0, 0.1) is 0 Å². The molecule has 2 N–H and O–H groups in total. The van der Waals surface area contributed by atoms with Crippen molar-refractivity contribution < 1.29 is 5.21 Å². The molecule has 2 atom stereocenters. The molecule has 0 aromatic rings. The summed E-state index contributed by atoms with van der Waals surface area (Å²) in [6, 6.07) is 0.115. The summed E-state index contributed by atoms with van der Waals surface area (Å²) >= 11 is 5.96. The van der Waals surface area contributed by atoms with Crippen LogP contribution in [0.4, 0.5) is 0 Å². The Kier molecular flexibility index (Phi) is 3.46. The molecule has 0 amide bonds. The van der Waals surface area contributed by atoms with Crippen LogP contribution in [0.15, 0.2) is 0 Å². The fourth-order valence-corrected chi connectivity index (χ4v) is 1.74. The minimum absolute atomic E-state index is 0.115. The number of halogens is 1. The van der Waals surface area contributed by atoms with Crippen LogP contribution >= 0.6 is 11.6 Å². The maximum Gasteiger partial charge on any atom is 0.0512 e. The van der Waals surface area contributed by atoms with Gasteiger partial charge < -0.3 is 5.21 Å². The molecule has 1 saturated carbocycles. The van der Waals surface area contributed by atoms with Gasteiger partial charge in [-0.1, -0.05) is 19.3 Å². The molecule has 1 aliphatic rings. The van der Waals surface area contributed by atoms with Gasteiger partial charge in [-0.2, -0.15) is 0 Å². The zero-order valence-electron chi connectivity index (χ0n) is 6.02. The minimum Gasteiger partial charge on any atom is -0.316 e. The van der Waals surface area contributed by atoms with Crippen LogP contribution in [-0.4, -0.2) is 16.6 Å². The molecule has 1 rings (SSSR count). The van der Waals surface area contributed by atoms with E-state index in [9.17, 15) is 0 Å². The maximum absolute atomic E-state index is 8.65. The van der Waals surface area contributed by atoms with E-state index in [2.05, 4.69) is 5.48 Å². The van der Waals surface area contributed by atoms with Gasteiger partial charge in [0, 0.05) is 6.04 Å². The highest BCUT2D eigenvalue weighted by Crippen LogP contribution is 2.21. The first kappa shape index (κ1) is 8.31. The lowest BCUT2D eigenvalue weighted by Gasteiger charge is -2.16. The SMILES string of the molecule is ONC1CCCCCC1Cl. The van der Waals surface area contributed by atoms with E-state index in [1.54, 1.807) is 0 Å². The lowest BCUT2D eigenvalue weighted by molar-refractivity contribution is 0.120. The van der Waals surface area contributed by atoms with E-state index in [0.29, 0.717) is 0 Å². The van der Waals surface area contributed by atoms with E-state index in [4.69, 9.17) is 16.8 Å².